The van der Waals surface area contributed by atoms with Crippen LogP contribution in [0.4, 0.5) is 14.9 Å². The Morgan fingerprint density at radius 3 is 2.72 bits per heavy atom. The molecule has 1 aromatic carbocycles. The number of tetrazole rings is 1. The Kier molecular flexibility index (Phi) is 7.68. The quantitative estimate of drug-likeness (QED) is 0.319. The van der Waals surface area contributed by atoms with Gasteiger partial charge in [0.2, 0.25) is 5.82 Å². The van der Waals surface area contributed by atoms with Gasteiger partial charge in [0.15, 0.2) is 0 Å². The van der Waals surface area contributed by atoms with E-state index in [1.807, 2.05) is 0 Å². The lowest BCUT2D eigenvalue weighted by Crippen LogP contribution is -2.28. The zero-order valence-electron chi connectivity index (χ0n) is 18.8. The maximum absolute atomic E-state index is 14.9. The van der Waals surface area contributed by atoms with Gasteiger partial charge >= 0.3 is 13.9 Å². The molecular formula is C20H22FN6O8P. The molecule has 14 nitrogen and oxygen atoms in total. The fraction of sp³-hybridized carbons (Fsp3) is 0.350. The van der Waals surface area contributed by atoms with Crippen molar-refractivity contribution in [1.29, 1.82) is 0 Å². The third kappa shape index (κ3) is 6.26. The number of cyclic esters (lactones) is 1. The first-order valence-corrected chi connectivity index (χ1v) is 12.1. The zero-order valence-corrected chi connectivity index (χ0v) is 19.7. The Bertz CT molecular complexity index is 1270. The molecule has 2 aromatic heterocycles. The summed E-state index contributed by atoms with van der Waals surface area (Å²) < 4.78 is 40.6. The topological polar surface area (TPSA) is 182 Å². The Morgan fingerprint density at radius 2 is 2.11 bits per heavy atom. The number of carbonyl (C=O) groups is 1. The van der Waals surface area contributed by atoms with Crippen LogP contribution in [-0.4, -0.2) is 84.8 Å². The van der Waals surface area contributed by atoms with Crippen LogP contribution in [0.25, 0.3) is 22.6 Å². The molecule has 0 saturated carbocycles. The van der Waals surface area contributed by atoms with Gasteiger partial charge in [0, 0.05) is 17.3 Å². The monoisotopic (exact) mass is 524 g/mol. The van der Waals surface area contributed by atoms with Crippen molar-refractivity contribution in [3.05, 3.63) is 42.3 Å². The molecule has 1 aliphatic rings. The number of phosphoric acid groups is 1. The summed E-state index contributed by atoms with van der Waals surface area (Å²) in [6.07, 6.45) is -1.19. The highest BCUT2D eigenvalue weighted by Crippen LogP contribution is 2.37. The summed E-state index contributed by atoms with van der Waals surface area (Å²) in [6, 6.07) is 7.60. The number of nitrogens with zero attached hydrogens (tertiary/aromatic N) is 6. The third-order valence-electron chi connectivity index (χ3n) is 5.05. The van der Waals surface area contributed by atoms with Gasteiger partial charge in [-0.3, -0.25) is 14.4 Å². The van der Waals surface area contributed by atoms with Gasteiger partial charge in [-0.15, -0.1) is 10.2 Å². The van der Waals surface area contributed by atoms with E-state index in [2.05, 4.69) is 24.9 Å². The van der Waals surface area contributed by atoms with Gasteiger partial charge in [-0.1, -0.05) is 6.07 Å². The number of hydrogen-bond donors (Lipinski definition) is 3. The first kappa shape index (κ1) is 25.8. The molecule has 4 rings (SSSR count). The van der Waals surface area contributed by atoms with Gasteiger partial charge in [0.25, 0.3) is 0 Å². The van der Waals surface area contributed by atoms with Crippen LogP contribution in [-0.2, 0) is 25.6 Å². The Hall–Kier alpha value is -3.33. The van der Waals surface area contributed by atoms with E-state index in [1.165, 1.54) is 28.0 Å². The Labute approximate surface area is 203 Å². The van der Waals surface area contributed by atoms with E-state index in [9.17, 15) is 13.8 Å². The summed E-state index contributed by atoms with van der Waals surface area (Å²) in [7, 11) is -3.16. The first-order valence-electron chi connectivity index (χ1n) is 10.5. The minimum atomic E-state index is -4.79. The molecule has 1 fully saturated rings. The number of amides is 1. The summed E-state index contributed by atoms with van der Waals surface area (Å²) in [5.74, 6) is -0.236. The summed E-state index contributed by atoms with van der Waals surface area (Å²) in [5.41, 5.74) is 1.54. The molecule has 0 aliphatic carbocycles. The Balaban J connectivity index is 1.37. The van der Waals surface area contributed by atoms with E-state index in [0.29, 0.717) is 17.1 Å². The molecule has 36 heavy (non-hydrogen) atoms. The molecule has 1 aliphatic heterocycles. The fourth-order valence-corrected chi connectivity index (χ4v) is 3.95. The van der Waals surface area contributed by atoms with Crippen molar-refractivity contribution >= 4 is 19.6 Å². The highest BCUT2D eigenvalue weighted by Gasteiger charge is 2.33. The second-order valence-electron chi connectivity index (χ2n) is 7.75. The van der Waals surface area contributed by atoms with Crippen molar-refractivity contribution in [2.24, 2.45) is 7.05 Å². The number of halogens is 1. The zero-order chi connectivity index (χ0) is 25.9. The summed E-state index contributed by atoms with van der Waals surface area (Å²) in [4.78, 5) is 36.7. The second kappa shape index (κ2) is 10.7. The van der Waals surface area contributed by atoms with Crippen LogP contribution in [0.1, 0.15) is 0 Å². The first-order chi connectivity index (χ1) is 17.1. The van der Waals surface area contributed by atoms with Crippen LogP contribution in [0.3, 0.4) is 0 Å². The van der Waals surface area contributed by atoms with Gasteiger partial charge in [0.1, 0.15) is 23.7 Å². The molecule has 192 valence electrons. The molecule has 3 heterocycles. The van der Waals surface area contributed by atoms with E-state index < -0.39 is 38.5 Å². The summed E-state index contributed by atoms with van der Waals surface area (Å²) >= 11 is 0. The van der Waals surface area contributed by atoms with E-state index in [0.717, 1.165) is 0 Å². The number of anilines is 1. The predicted molar refractivity (Wildman–Crippen MR) is 120 cm³/mol. The number of rotatable bonds is 10. The molecule has 2 atom stereocenters. The van der Waals surface area contributed by atoms with Crippen molar-refractivity contribution in [3.63, 3.8) is 0 Å². The minimum Gasteiger partial charge on any atom is -0.441 e. The molecule has 2 unspecified atom stereocenters. The van der Waals surface area contributed by atoms with E-state index >= 15 is 0 Å². The molecule has 0 radical (unpaired) electrons. The molecule has 1 amide bonds. The largest absolute Gasteiger partial charge is 0.470 e. The van der Waals surface area contributed by atoms with E-state index in [4.69, 9.17) is 24.4 Å². The van der Waals surface area contributed by atoms with Crippen molar-refractivity contribution in [3.8, 4) is 22.6 Å². The number of pyridine rings is 1. The SMILES string of the molecule is Cn1nnc(-c2ccc(-c3ccc(N4CC(COCC(CO)OP(=O)(O)O)OC4=O)cc3F)cn2)n1. The number of phosphoric ester groups is 1. The maximum Gasteiger partial charge on any atom is 0.470 e. The maximum atomic E-state index is 14.9. The molecule has 16 heteroatoms. The third-order valence-corrected chi connectivity index (χ3v) is 5.62. The van der Waals surface area contributed by atoms with Crippen LogP contribution in [0.2, 0.25) is 0 Å². The molecule has 3 aromatic rings. The van der Waals surface area contributed by atoms with Crippen molar-refractivity contribution in [1.82, 2.24) is 25.2 Å². The van der Waals surface area contributed by atoms with E-state index in [-0.39, 0.29) is 31.0 Å². The smallest absolute Gasteiger partial charge is 0.441 e. The minimum absolute atomic E-state index is 0.0577. The normalized spacial score (nSPS) is 16.9. The number of carbonyl (C=O) groups excluding carboxylic acids is 1. The molecule has 0 spiro atoms. The van der Waals surface area contributed by atoms with Crippen molar-refractivity contribution in [2.45, 2.75) is 12.2 Å². The number of aromatic nitrogens is 5. The molecule has 1 saturated heterocycles. The van der Waals surface area contributed by atoms with Crippen LogP contribution >= 0.6 is 7.82 Å². The number of hydrogen-bond acceptors (Lipinski definition) is 10. The molecular weight excluding hydrogens is 502 g/mol. The lowest BCUT2D eigenvalue weighted by molar-refractivity contribution is -0.0178. The highest BCUT2D eigenvalue weighted by molar-refractivity contribution is 7.46. The number of aryl methyl sites for hydroxylation is 1. The fourth-order valence-electron chi connectivity index (χ4n) is 3.44. The average molecular weight is 524 g/mol. The molecule has 3 N–H and O–H groups in total. The van der Waals surface area contributed by atoms with Gasteiger partial charge in [0.05, 0.1) is 39.1 Å². The number of aliphatic hydroxyl groups is 1. The van der Waals surface area contributed by atoms with Crippen molar-refractivity contribution in [2.75, 3.05) is 31.3 Å². The summed E-state index contributed by atoms with van der Waals surface area (Å²) in [6.45, 7) is -1.08. The van der Waals surface area contributed by atoms with Crippen LogP contribution in [0, 0.1) is 5.82 Å². The second-order valence-corrected chi connectivity index (χ2v) is 8.95. The summed E-state index contributed by atoms with van der Waals surface area (Å²) in [5, 5.41) is 20.8. The van der Waals surface area contributed by atoms with Crippen molar-refractivity contribution < 1.29 is 42.6 Å². The van der Waals surface area contributed by atoms with Crippen LogP contribution in [0.5, 0.6) is 0 Å². The van der Waals surface area contributed by atoms with Gasteiger partial charge < -0.3 is 24.4 Å². The van der Waals surface area contributed by atoms with Gasteiger partial charge in [-0.25, -0.2) is 13.8 Å². The lowest BCUT2D eigenvalue weighted by Gasteiger charge is -2.17. The number of aliphatic hydroxyl groups excluding tert-OH is 1. The van der Waals surface area contributed by atoms with Gasteiger partial charge in [-0.05, 0) is 29.5 Å². The molecule has 0 bridgehead atoms. The standard InChI is InChI=1S/C20H22FN6O8P/c1-26-24-19(23-25-26)18-5-2-12(7-22-18)16-4-3-13(6-17(16)21)27-8-14(34-20(27)29)10-33-11-15(9-28)35-36(30,31)32/h2-7,14-15,28H,8-11H2,1H3,(H2,30,31,32). The number of ether oxygens (including phenoxy) is 2. The predicted octanol–water partition coefficient (Wildman–Crippen LogP) is 0.890. The Morgan fingerprint density at radius 1 is 1.31 bits per heavy atom. The van der Waals surface area contributed by atoms with E-state index in [1.54, 1.807) is 25.2 Å². The number of benzene rings is 1. The van der Waals surface area contributed by atoms with Gasteiger partial charge in [-0.2, -0.15) is 4.80 Å². The lowest BCUT2D eigenvalue weighted by atomic mass is 10.1. The highest BCUT2D eigenvalue weighted by atomic mass is 31.2. The average Bonchev–Trinajstić information content (AvgIpc) is 3.43. The van der Waals surface area contributed by atoms with Crippen LogP contribution in [0.15, 0.2) is 36.5 Å². The van der Waals surface area contributed by atoms with Crippen LogP contribution < -0.4 is 4.90 Å².